The second kappa shape index (κ2) is 9.14. The number of primary amides is 1. The Kier molecular flexibility index (Phi) is 6.89. The zero-order valence-corrected chi connectivity index (χ0v) is 14.6. The summed E-state index contributed by atoms with van der Waals surface area (Å²) in [6.07, 6.45) is 0. The molecular formula is C15H17N3O4S2. The van der Waals surface area contributed by atoms with Crippen LogP contribution in [0.3, 0.4) is 0 Å². The van der Waals surface area contributed by atoms with Crippen molar-refractivity contribution in [3.05, 3.63) is 35.3 Å². The second-order valence-electron chi connectivity index (χ2n) is 4.62. The molecule has 1 aromatic heterocycles. The summed E-state index contributed by atoms with van der Waals surface area (Å²) in [4.78, 5) is 26.8. The molecule has 0 saturated carbocycles. The number of thioether (sulfide) groups is 1. The fourth-order valence-corrected chi connectivity index (χ4v) is 3.17. The number of thiazole rings is 1. The van der Waals surface area contributed by atoms with E-state index in [2.05, 4.69) is 10.3 Å². The first-order valence-electron chi connectivity index (χ1n) is 6.94. The highest BCUT2D eigenvalue weighted by Gasteiger charge is 2.08. The van der Waals surface area contributed by atoms with Gasteiger partial charge in [0.15, 0.2) is 11.7 Å². The Bertz CT molecular complexity index is 706. The van der Waals surface area contributed by atoms with E-state index < -0.39 is 0 Å². The number of rotatable bonds is 9. The normalized spacial score (nSPS) is 10.2. The van der Waals surface area contributed by atoms with E-state index in [-0.39, 0.29) is 24.2 Å². The number of carbonyl (C=O) groups is 2. The van der Waals surface area contributed by atoms with Gasteiger partial charge in [0.1, 0.15) is 11.5 Å². The van der Waals surface area contributed by atoms with Crippen LogP contribution in [0, 0.1) is 0 Å². The topological polar surface area (TPSA) is 104 Å². The third-order valence-electron chi connectivity index (χ3n) is 2.70. The highest BCUT2D eigenvalue weighted by atomic mass is 32.2. The fourth-order valence-electron chi connectivity index (χ4n) is 1.68. The van der Waals surface area contributed by atoms with Gasteiger partial charge < -0.3 is 15.2 Å². The molecule has 0 fully saturated rings. The van der Waals surface area contributed by atoms with E-state index in [0.29, 0.717) is 22.4 Å². The number of nitrogens with one attached hydrogen (secondary N) is 1. The van der Waals surface area contributed by atoms with Gasteiger partial charge in [-0.25, -0.2) is 4.98 Å². The third-order valence-corrected chi connectivity index (χ3v) is 4.50. The average molecular weight is 367 g/mol. The van der Waals surface area contributed by atoms with Gasteiger partial charge in [0.25, 0.3) is 5.91 Å². The fraction of sp³-hybridized carbons (Fsp3) is 0.267. The summed E-state index contributed by atoms with van der Waals surface area (Å²) >= 11 is 2.69. The van der Waals surface area contributed by atoms with E-state index in [9.17, 15) is 9.59 Å². The van der Waals surface area contributed by atoms with E-state index in [1.165, 1.54) is 23.1 Å². The van der Waals surface area contributed by atoms with E-state index in [0.717, 1.165) is 5.69 Å². The number of methoxy groups -OCH3 is 1. The van der Waals surface area contributed by atoms with Crippen LogP contribution in [-0.4, -0.2) is 36.3 Å². The summed E-state index contributed by atoms with van der Waals surface area (Å²) in [5.74, 6) is 1.35. The molecule has 2 aromatic rings. The van der Waals surface area contributed by atoms with Gasteiger partial charge in [0.05, 0.1) is 18.6 Å². The molecule has 0 atom stereocenters. The molecule has 2 rings (SSSR count). The van der Waals surface area contributed by atoms with Gasteiger partial charge in [-0.15, -0.1) is 23.1 Å². The Balaban J connectivity index is 1.77. The molecule has 3 N–H and O–H groups in total. The number of hydrogen-bond acceptors (Lipinski definition) is 7. The van der Waals surface area contributed by atoms with Gasteiger partial charge in [-0.05, 0) is 12.1 Å². The first kappa shape index (κ1) is 18.1. The van der Waals surface area contributed by atoms with Crippen LogP contribution in [-0.2, 0) is 15.3 Å². The minimum Gasteiger partial charge on any atom is -0.497 e. The number of nitrogens with two attached hydrogens (primary N) is 1. The quantitative estimate of drug-likeness (QED) is 0.701. The van der Waals surface area contributed by atoms with Gasteiger partial charge >= 0.3 is 0 Å². The molecule has 0 aliphatic carbocycles. The van der Waals surface area contributed by atoms with E-state index in [1.807, 2.05) is 5.38 Å². The van der Waals surface area contributed by atoms with Crippen molar-refractivity contribution in [3.8, 4) is 11.5 Å². The molecule has 128 valence electrons. The van der Waals surface area contributed by atoms with E-state index >= 15 is 0 Å². The highest BCUT2D eigenvalue weighted by Crippen LogP contribution is 2.20. The van der Waals surface area contributed by atoms with Crippen LogP contribution in [0.25, 0.3) is 0 Å². The Morgan fingerprint density at radius 1 is 1.38 bits per heavy atom. The Morgan fingerprint density at radius 2 is 2.17 bits per heavy atom. The first-order valence-corrected chi connectivity index (χ1v) is 8.97. The molecule has 0 unspecified atom stereocenters. The standard InChI is InChI=1S/C15H17N3O4S2/c1-21-11-3-2-4-12(5-11)22-6-14(20)18-15-17-10(8-24-15)7-23-9-13(16)19/h2-5,8H,6-7,9H2,1H3,(H2,16,19)(H,17,18,20). The zero-order valence-electron chi connectivity index (χ0n) is 13.0. The molecule has 2 amide bonds. The minimum absolute atomic E-state index is 0.126. The molecule has 0 radical (unpaired) electrons. The van der Waals surface area contributed by atoms with Crippen molar-refractivity contribution < 1.29 is 19.1 Å². The van der Waals surface area contributed by atoms with Crippen molar-refractivity contribution in [2.45, 2.75) is 5.75 Å². The molecule has 24 heavy (non-hydrogen) atoms. The van der Waals surface area contributed by atoms with Gasteiger partial charge in [-0.1, -0.05) is 6.07 Å². The van der Waals surface area contributed by atoms with E-state index in [1.54, 1.807) is 31.4 Å². The van der Waals surface area contributed by atoms with Gasteiger partial charge in [-0.3, -0.25) is 14.9 Å². The minimum atomic E-state index is -0.363. The predicted octanol–water partition coefficient (Wildman–Crippen LogP) is 1.89. The lowest BCUT2D eigenvalue weighted by molar-refractivity contribution is -0.118. The maximum Gasteiger partial charge on any atom is 0.264 e. The summed E-state index contributed by atoms with van der Waals surface area (Å²) in [6, 6.07) is 7.02. The zero-order chi connectivity index (χ0) is 17.4. The smallest absolute Gasteiger partial charge is 0.264 e. The molecule has 0 spiro atoms. The van der Waals surface area contributed by atoms with Crippen molar-refractivity contribution in [2.75, 3.05) is 24.8 Å². The summed E-state index contributed by atoms with van der Waals surface area (Å²) in [6.45, 7) is -0.126. The van der Waals surface area contributed by atoms with Crippen LogP contribution in [0.5, 0.6) is 11.5 Å². The van der Waals surface area contributed by atoms with Crippen LogP contribution in [0.2, 0.25) is 0 Å². The van der Waals surface area contributed by atoms with Gasteiger partial charge in [-0.2, -0.15) is 0 Å². The molecule has 7 nitrogen and oxygen atoms in total. The first-order chi connectivity index (χ1) is 11.6. The summed E-state index contributed by atoms with van der Waals surface area (Å²) in [7, 11) is 1.56. The Morgan fingerprint density at radius 3 is 2.92 bits per heavy atom. The largest absolute Gasteiger partial charge is 0.497 e. The number of aromatic nitrogens is 1. The summed E-state index contributed by atoms with van der Waals surface area (Å²) in [5, 5.41) is 4.99. The van der Waals surface area contributed by atoms with Crippen LogP contribution < -0.4 is 20.5 Å². The lowest BCUT2D eigenvalue weighted by Gasteiger charge is -2.07. The Labute approximate surface area is 147 Å². The number of anilines is 1. The van der Waals surface area contributed by atoms with Crippen LogP contribution in [0.15, 0.2) is 29.6 Å². The SMILES string of the molecule is COc1cccc(OCC(=O)Nc2nc(CSCC(N)=O)cs2)c1. The molecule has 1 aromatic carbocycles. The van der Waals surface area contributed by atoms with Gasteiger partial charge in [0.2, 0.25) is 5.91 Å². The van der Waals surface area contributed by atoms with Crippen LogP contribution in [0.1, 0.15) is 5.69 Å². The number of hydrogen-bond donors (Lipinski definition) is 2. The molecule has 0 saturated heterocycles. The average Bonchev–Trinajstić information content (AvgIpc) is 3.00. The van der Waals surface area contributed by atoms with Crippen molar-refractivity contribution in [3.63, 3.8) is 0 Å². The molecular weight excluding hydrogens is 350 g/mol. The maximum atomic E-state index is 11.9. The van der Waals surface area contributed by atoms with Crippen molar-refractivity contribution >= 4 is 40.0 Å². The van der Waals surface area contributed by atoms with Crippen molar-refractivity contribution in [2.24, 2.45) is 5.73 Å². The van der Waals surface area contributed by atoms with Crippen molar-refractivity contribution in [1.82, 2.24) is 4.98 Å². The molecule has 0 bridgehead atoms. The predicted molar refractivity (Wildman–Crippen MR) is 94.6 cm³/mol. The molecule has 0 aliphatic rings. The third kappa shape index (κ3) is 6.09. The van der Waals surface area contributed by atoms with E-state index in [4.69, 9.17) is 15.2 Å². The number of ether oxygens (including phenoxy) is 2. The molecule has 1 heterocycles. The second-order valence-corrected chi connectivity index (χ2v) is 6.46. The maximum absolute atomic E-state index is 11.9. The van der Waals surface area contributed by atoms with Crippen molar-refractivity contribution in [1.29, 1.82) is 0 Å². The lowest BCUT2D eigenvalue weighted by atomic mass is 10.3. The molecule has 0 aliphatic heterocycles. The monoisotopic (exact) mass is 367 g/mol. The number of amides is 2. The lowest BCUT2D eigenvalue weighted by Crippen LogP contribution is -2.20. The number of carbonyl (C=O) groups excluding carboxylic acids is 2. The molecule has 9 heteroatoms. The summed E-state index contributed by atoms with van der Waals surface area (Å²) in [5.41, 5.74) is 5.86. The van der Waals surface area contributed by atoms with Gasteiger partial charge in [0, 0.05) is 17.2 Å². The highest BCUT2D eigenvalue weighted by molar-refractivity contribution is 7.99. The van der Waals surface area contributed by atoms with Crippen LogP contribution in [0.4, 0.5) is 5.13 Å². The number of benzene rings is 1. The Hall–Kier alpha value is -2.26. The summed E-state index contributed by atoms with van der Waals surface area (Å²) < 4.78 is 10.5. The van der Waals surface area contributed by atoms with Crippen LogP contribution >= 0.6 is 23.1 Å². The number of nitrogens with zero attached hydrogens (tertiary/aromatic N) is 1.